The van der Waals surface area contributed by atoms with Gasteiger partial charge in [-0.05, 0) is 24.6 Å². The molecule has 4 nitrogen and oxygen atoms in total. The summed E-state index contributed by atoms with van der Waals surface area (Å²) in [5.41, 5.74) is -1.55. The third kappa shape index (κ3) is 3.60. The van der Waals surface area contributed by atoms with Crippen molar-refractivity contribution < 1.29 is 27.1 Å². The maximum Gasteiger partial charge on any atom is 0.416 e. The van der Waals surface area contributed by atoms with Crippen molar-refractivity contribution in [1.29, 1.82) is 0 Å². The SMILES string of the molecule is O=C(Nc1cc(C(F)(F)F)ccc1F)N[C@@H]1CCOC1. The van der Waals surface area contributed by atoms with Crippen molar-refractivity contribution in [2.45, 2.75) is 18.6 Å². The molecule has 2 N–H and O–H groups in total. The summed E-state index contributed by atoms with van der Waals surface area (Å²) in [4.78, 5) is 11.6. The third-order valence-corrected chi connectivity index (χ3v) is 2.81. The van der Waals surface area contributed by atoms with Crippen molar-refractivity contribution in [3.05, 3.63) is 29.6 Å². The van der Waals surface area contributed by atoms with E-state index < -0.39 is 29.3 Å². The van der Waals surface area contributed by atoms with Gasteiger partial charge in [-0.3, -0.25) is 0 Å². The highest BCUT2D eigenvalue weighted by atomic mass is 19.4. The molecule has 1 aromatic rings. The molecule has 0 spiro atoms. The molecule has 20 heavy (non-hydrogen) atoms. The van der Waals surface area contributed by atoms with Crippen LogP contribution in [0.3, 0.4) is 0 Å². The molecule has 1 heterocycles. The van der Waals surface area contributed by atoms with Gasteiger partial charge in [-0.2, -0.15) is 13.2 Å². The van der Waals surface area contributed by atoms with Gasteiger partial charge in [0.25, 0.3) is 0 Å². The van der Waals surface area contributed by atoms with Crippen LogP contribution in [0.2, 0.25) is 0 Å². The highest BCUT2D eigenvalue weighted by molar-refractivity contribution is 5.89. The largest absolute Gasteiger partial charge is 0.416 e. The number of carbonyl (C=O) groups excluding carboxylic acids is 1. The fraction of sp³-hybridized carbons (Fsp3) is 0.417. The fourth-order valence-electron chi connectivity index (χ4n) is 1.79. The average Bonchev–Trinajstić information content (AvgIpc) is 2.83. The first-order chi connectivity index (χ1) is 9.36. The molecule has 0 aromatic heterocycles. The van der Waals surface area contributed by atoms with E-state index >= 15 is 0 Å². The number of urea groups is 1. The highest BCUT2D eigenvalue weighted by Crippen LogP contribution is 2.31. The van der Waals surface area contributed by atoms with Gasteiger partial charge in [0.2, 0.25) is 0 Å². The molecule has 2 rings (SSSR count). The van der Waals surface area contributed by atoms with Crippen LogP contribution in [0.25, 0.3) is 0 Å². The van der Waals surface area contributed by atoms with Gasteiger partial charge >= 0.3 is 12.2 Å². The first-order valence-electron chi connectivity index (χ1n) is 5.88. The Morgan fingerprint density at radius 1 is 1.35 bits per heavy atom. The summed E-state index contributed by atoms with van der Waals surface area (Å²) < 4.78 is 55.9. The number of nitrogens with one attached hydrogen (secondary N) is 2. The normalized spacial score (nSPS) is 18.9. The van der Waals surface area contributed by atoms with E-state index in [1.165, 1.54) is 0 Å². The highest BCUT2D eigenvalue weighted by Gasteiger charge is 2.31. The molecule has 1 saturated heterocycles. The van der Waals surface area contributed by atoms with E-state index in [-0.39, 0.29) is 6.04 Å². The van der Waals surface area contributed by atoms with E-state index in [0.29, 0.717) is 37.8 Å². The van der Waals surface area contributed by atoms with Gasteiger partial charge in [0, 0.05) is 6.61 Å². The van der Waals surface area contributed by atoms with Crippen molar-refractivity contribution in [1.82, 2.24) is 5.32 Å². The number of ether oxygens (including phenoxy) is 1. The molecule has 1 aliphatic heterocycles. The van der Waals surface area contributed by atoms with E-state index in [1.807, 2.05) is 0 Å². The van der Waals surface area contributed by atoms with Gasteiger partial charge < -0.3 is 15.4 Å². The number of carbonyl (C=O) groups is 1. The number of hydrogen-bond acceptors (Lipinski definition) is 2. The summed E-state index contributed by atoms with van der Waals surface area (Å²) in [6, 6.07) is 0.850. The Balaban J connectivity index is 2.06. The van der Waals surface area contributed by atoms with Crippen LogP contribution in [0.4, 0.5) is 28.0 Å². The van der Waals surface area contributed by atoms with Crippen molar-refractivity contribution in [2.75, 3.05) is 18.5 Å². The van der Waals surface area contributed by atoms with Crippen LogP contribution in [0.15, 0.2) is 18.2 Å². The lowest BCUT2D eigenvalue weighted by molar-refractivity contribution is -0.137. The summed E-state index contributed by atoms with van der Waals surface area (Å²) in [7, 11) is 0. The minimum Gasteiger partial charge on any atom is -0.379 e. The zero-order valence-corrected chi connectivity index (χ0v) is 10.3. The van der Waals surface area contributed by atoms with E-state index in [0.717, 1.165) is 0 Å². The van der Waals surface area contributed by atoms with Gasteiger partial charge in [0.15, 0.2) is 0 Å². The molecule has 0 saturated carbocycles. The lowest BCUT2D eigenvalue weighted by Gasteiger charge is -2.14. The molecule has 1 aromatic carbocycles. The molecular weight excluding hydrogens is 280 g/mol. The molecule has 1 aliphatic rings. The zero-order chi connectivity index (χ0) is 14.8. The van der Waals surface area contributed by atoms with Crippen LogP contribution < -0.4 is 10.6 Å². The second-order valence-electron chi connectivity index (χ2n) is 4.35. The fourth-order valence-corrected chi connectivity index (χ4v) is 1.79. The third-order valence-electron chi connectivity index (χ3n) is 2.81. The Morgan fingerprint density at radius 2 is 2.10 bits per heavy atom. The summed E-state index contributed by atoms with van der Waals surface area (Å²) in [6.45, 7) is 0.835. The Morgan fingerprint density at radius 3 is 2.70 bits per heavy atom. The number of hydrogen-bond donors (Lipinski definition) is 2. The predicted molar refractivity (Wildman–Crippen MR) is 62.8 cm³/mol. The summed E-state index contributed by atoms with van der Waals surface area (Å²) >= 11 is 0. The molecule has 1 atom stereocenters. The van der Waals surface area contributed by atoms with Crippen LogP contribution in [-0.4, -0.2) is 25.3 Å². The molecule has 0 bridgehead atoms. The second-order valence-corrected chi connectivity index (χ2v) is 4.35. The van der Waals surface area contributed by atoms with E-state index in [9.17, 15) is 22.4 Å². The minimum absolute atomic E-state index is 0.219. The predicted octanol–water partition coefficient (Wildman–Crippen LogP) is 2.75. The summed E-state index contributed by atoms with van der Waals surface area (Å²) in [6.07, 6.45) is -3.99. The average molecular weight is 292 g/mol. The standard InChI is InChI=1S/C12H12F4N2O2/c13-9-2-1-7(12(14,15)16)5-10(9)18-11(19)17-8-3-4-20-6-8/h1-2,5,8H,3-4,6H2,(H2,17,18,19)/t8-/m1/s1. The molecule has 0 unspecified atom stereocenters. The number of amides is 2. The van der Waals surface area contributed by atoms with E-state index in [1.54, 1.807) is 0 Å². The summed E-state index contributed by atoms with van der Waals surface area (Å²) in [5.74, 6) is -0.934. The lowest BCUT2D eigenvalue weighted by atomic mass is 10.2. The maximum atomic E-state index is 13.4. The zero-order valence-electron chi connectivity index (χ0n) is 10.3. The Kier molecular flexibility index (Phi) is 4.12. The lowest BCUT2D eigenvalue weighted by Crippen LogP contribution is -2.38. The van der Waals surface area contributed by atoms with Gasteiger partial charge in [-0.25, -0.2) is 9.18 Å². The van der Waals surface area contributed by atoms with Crippen LogP contribution >= 0.6 is 0 Å². The number of benzene rings is 1. The maximum absolute atomic E-state index is 13.4. The Bertz CT molecular complexity index is 499. The first kappa shape index (κ1) is 14.6. The molecule has 8 heteroatoms. The summed E-state index contributed by atoms with van der Waals surface area (Å²) in [5, 5.41) is 4.56. The number of rotatable bonds is 2. The van der Waals surface area contributed by atoms with Gasteiger partial charge in [0.05, 0.1) is 23.9 Å². The smallest absolute Gasteiger partial charge is 0.379 e. The van der Waals surface area contributed by atoms with Crippen LogP contribution in [0.5, 0.6) is 0 Å². The Hall–Kier alpha value is -1.83. The van der Waals surface area contributed by atoms with E-state index in [2.05, 4.69) is 10.6 Å². The first-order valence-corrected chi connectivity index (χ1v) is 5.88. The van der Waals surface area contributed by atoms with Crippen LogP contribution in [0.1, 0.15) is 12.0 Å². The van der Waals surface area contributed by atoms with Crippen molar-refractivity contribution >= 4 is 11.7 Å². The molecule has 110 valence electrons. The van der Waals surface area contributed by atoms with Crippen LogP contribution in [0, 0.1) is 5.82 Å². The number of alkyl halides is 3. The molecule has 0 aliphatic carbocycles. The monoisotopic (exact) mass is 292 g/mol. The number of halogens is 4. The second kappa shape index (κ2) is 5.66. The van der Waals surface area contributed by atoms with Crippen molar-refractivity contribution in [3.8, 4) is 0 Å². The van der Waals surface area contributed by atoms with Gasteiger partial charge in [0.1, 0.15) is 5.82 Å². The quantitative estimate of drug-likeness (QED) is 0.823. The topological polar surface area (TPSA) is 50.4 Å². The van der Waals surface area contributed by atoms with Crippen molar-refractivity contribution in [2.24, 2.45) is 0 Å². The van der Waals surface area contributed by atoms with Crippen LogP contribution in [-0.2, 0) is 10.9 Å². The molecule has 0 radical (unpaired) electrons. The van der Waals surface area contributed by atoms with Gasteiger partial charge in [-0.1, -0.05) is 0 Å². The minimum atomic E-state index is -4.60. The molecular formula is C12H12F4N2O2. The number of anilines is 1. The van der Waals surface area contributed by atoms with E-state index in [4.69, 9.17) is 4.74 Å². The van der Waals surface area contributed by atoms with Gasteiger partial charge in [-0.15, -0.1) is 0 Å². The Labute approximate surface area is 112 Å². The van der Waals surface area contributed by atoms with Crippen molar-refractivity contribution in [3.63, 3.8) is 0 Å². The molecule has 1 fully saturated rings. The molecule has 2 amide bonds.